The zero-order valence-electron chi connectivity index (χ0n) is 12.1. The molecule has 0 bridgehead atoms. The lowest BCUT2D eigenvalue weighted by molar-refractivity contribution is -0.122. The Morgan fingerprint density at radius 1 is 1.52 bits per heavy atom. The molecule has 110 valence electrons. The summed E-state index contributed by atoms with van der Waals surface area (Å²) >= 11 is 5.81. The van der Waals surface area contributed by atoms with Gasteiger partial charge in [-0.1, -0.05) is 0 Å². The van der Waals surface area contributed by atoms with Gasteiger partial charge < -0.3 is 9.88 Å². The van der Waals surface area contributed by atoms with E-state index >= 15 is 0 Å². The zero-order valence-corrected chi connectivity index (χ0v) is 12.8. The summed E-state index contributed by atoms with van der Waals surface area (Å²) in [7, 11) is 0. The minimum atomic E-state index is -0.0810. The molecule has 1 aromatic carbocycles. The van der Waals surface area contributed by atoms with Crippen molar-refractivity contribution in [2.45, 2.75) is 32.9 Å². The molecule has 0 saturated heterocycles. The number of nitriles is 1. The number of hydrogen-bond donors (Lipinski definition) is 1. The summed E-state index contributed by atoms with van der Waals surface area (Å²) in [6.07, 6.45) is 0.576. The number of amides is 1. The Bertz CT molecular complexity index is 699. The zero-order chi connectivity index (χ0) is 15.4. The number of alkyl halides is 1. The molecular formula is C15H17ClN4O. The van der Waals surface area contributed by atoms with E-state index in [-0.39, 0.29) is 18.5 Å². The van der Waals surface area contributed by atoms with E-state index in [1.807, 2.05) is 18.4 Å². The Balaban J connectivity index is 2.44. The highest BCUT2D eigenvalue weighted by Gasteiger charge is 2.14. The molecule has 0 aliphatic carbocycles. The number of carbonyl (C=O) groups is 1. The van der Waals surface area contributed by atoms with Crippen LogP contribution in [-0.2, 0) is 17.8 Å². The highest BCUT2D eigenvalue weighted by Crippen LogP contribution is 2.18. The van der Waals surface area contributed by atoms with Crippen molar-refractivity contribution in [1.82, 2.24) is 14.9 Å². The molecule has 1 aromatic heterocycles. The van der Waals surface area contributed by atoms with E-state index in [1.165, 1.54) is 0 Å². The van der Waals surface area contributed by atoms with Crippen LogP contribution in [0.25, 0.3) is 11.0 Å². The molecule has 1 amide bonds. The first-order chi connectivity index (χ1) is 10.0. The van der Waals surface area contributed by atoms with Gasteiger partial charge in [0.1, 0.15) is 12.4 Å². The highest BCUT2D eigenvalue weighted by atomic mass is 35.5. The third-order valence-electron chi connectivity index (χ3n) is 3.03. The first-order valence-corrected chi connectivity index (χ1v) is 7.33. The number of nitrogens with zero attached hydrogens (tertiary/aromatic N) is 3. The number of rotatable bonds is 5. The summed E-state index contributed by atoms with van der Waals surface area (Å²) in [6, 6.07) is 7.45. The number of halogens is 1. The van der Waals surface area contributed by atoms with E-state index in [9.17, 15) is 4.79 Å². The lowest BCUT2D eigenvalue weighted by Gasteiger charge is -2.11. The van der Waals surface area contributed by atoms with Crippen LogP contribution in [0.3, 0.4) is 0 Å². The predicted octanol–water partition coefficient (Wildman–Crippen LogP) is 2.21. The molecule has 5 nitrogen and oxygen atoms in total. The molecule has 1 N–H and O–H groups in total. The van der Waals surface area contributed by atoms with Crippen LogP contribution < -0.4 is 5.32 Å². The number of aryl methyl sites for hydroxylation is 1. The quantitative estimate of drug-likeness (QED) is 0.861. The van der Waals surface area contributed by atoms with Gasteiger partial charge in [-0.3, -0.25) is 4.79 Å². The molecule has 0 fully saturated rings. The van der Waals surface area contributed by atoms with Crippen LogP contribution >= 0.6 is 11.6 Å². The average molecular weight is 305 g/mol. The first kappa shape index (κ1) is 15.3. The Labute approximate surface area is 128 Å². The van der Waals surface area contributed by atoms with Crippen LogP contribution in [0, 0.1) is 11.3 Å². The van der Waals surface area contributed by atoms with Crippen LogP contribution in [0.1, 0.15) is 25.2 Å². The second kappa shape index (κ2) is 6.59. The molecule has 0 spiro atoms. The van der Waals surface area contributed by atoms with Gasteiger partial charge in [0.05, 0.1) is 22.7 Å². The molecule has 0 unspecified atom stereocenters. The van der Waals surface area contributed by atoms with Gasteiger partial charge in [0.2, 0.25) is 5.91 Å². The van der Waals surface area contributed by atoms with Crippen molar-refractivity contribution in [3.63, 3.8) is 0 Å². The third-order valence-corrected chi connectivity index (χ3v) is 3.21. The number of benzene rings is 1. The van der Waals surface area contributed by atoms with E-state index in [4.69, 9.17) is 16.9 Å². The van der Waals surface area contributed by atoms with E-state index in [1.54, 1.807) is 18.2 Å². The van der Waals surface area contributed by atoms with E-state index in [0.717, 1.165) is 16.9 Å². The second-order valence-electron chi connectivity index (χ2n) is 5.09. The molecule has 0 radical (unpaired) electrons. The summed E-state index contributed by atoms with van der Waals surface area (Å²) in [5.74, 6) is 1.11. The minimum Gasteiger partial charge on any atom is -0.352 e. The van der Waals surface area contributed by atoms with Crippen LogP contribution in [0.5, 0.6) is 0 Å². The van der Waals surface area contributed by atoms with Gasteiger partial charge in [-0.25, -0.2) is 4.98 Å². The van der Waals surface area contributed by atoms with E-state index < -0.39 is 0 Å². The predicted molar refractivity (Wildman–Crippen MR) is 82.2 cm³/mol. The summed E-state index contributed by atoms with van der Waals surface area (Å²) in [4.78, 5) is 16.5. The number of aromatic nitrogens is 2. The van der Waals surface area contributed by atoms with Crippen molar-refractivity contribution in [2.75, 3.05) is 5.88 Å². The summed E-state index contributed by atoms with van der Waals surface area (Å²) in [5.41, 5.74) is 2.10. The van der Waals surface area contributed by atoms with Crippen molar-refractivity contribution in [2.24, 2.45) is 0 Å². The number of hydrogen-bond acceptors (Lipinski definition) is 3. The molecule has 0 atom stereocenters. The van der Waals surface area contributed by atoms with Crippen molar-refractivity contribution in [3.05, 3.63) is 29.6 Å². The van der Waals surface area contributed by atoms with Crippen molar-refractivity contribution < 1.29 is 4.79 Å². The van der Waals surface area contributed by atoms with Gasteiger partial charge in [0.15, 0.2) is 0 Å². The topological polar surface area (TPSA) is 70.7 Å². The molecule has 1 heterocycles. The maximum atomic E-state index is 12.0. The molecule has 0 saturated carbocycles. The largest absolute Gasteiger partial charge is 0.352 e. The van der Waals surface area contributed by atoms with Gasteiger partial charge in [0.25, 0.3) is 0 Å². The fourth-order valence-electron chi connectivity index (χ4n) is 2.21. The second-order valence-corrected chi connectivity index (χ2v) is 5.47. The molecule has 0 aliphatic heterocycles. The van der Waals surface area contributed by atoms with Gasteiger partial charge in [-0.05, 0) is 32.0 Å². The lowest BCUT2D eigenvalue weighted by Crippen LogP contribution is -2.33. The van der Waals surface area contributed by atoms with E-state index in [2.05, 4.69) is 16.4 Å². The number of imidazole rings is 1. The normalized spacial score (nSPS) is 10.8. The molecule has 6 heteroatoms. The molecule has 0 aliphatic rings. The van der Waals surface area contributed by atoms with Crippen molar-refractivity contribution >= 4 is 28.5 Å². The van der Waals surface area contributed by atoms with Crippen LogP contribution in [0.15, 0.2) is 18.2 Å². The van der Waals surface area contributed by atoms with Crippen LogP contribution in [0.2, 0.25) is 0 Å². The van der Waals surface area contributed by atoms with Crippen LogP contribution in [0.4, 0.5) is 0 Å². The standard InChI is InChI=1S/C15H17ClN4O/c1-10(2)18-15(21)9-20-13-7-11(8-17)3-4-12(13)19-14(20)5-6-16/h3-4,7,10H,5-6,9H2,1-2H3,(H,18,21). The summed E-state index contributed by atoms with van der Waals surface area (Å²) in [5, 5.41) is 11.9. The lowest BCUT2D eigenvalue weighted by atomic mass is 10.2. The monoisotopic (exact) mass is 304 g/mol. The van der Waals surface area contributed by atoms with Gasteiger partial charge in [0, 0.05) is 18.3 Å². The summed E-state index contributed by atoms with van der Waals surface area (Å²) < 4.78 is 1.83. The first-order valence-electron chi connectivity index (χ1n) is 6.79. The Morgan fingerprint density at radius 3 is 2.90 bits per heavy atom. The summed E-state index contributed by atoms with van der Waals surface area (Å²) in [6.45, 7) is 4.00. The average Bonchev–Trinajstić information content (AvgIpc) is 2.75. The Kier molecular flexibility index (Phi) is 4.81. The molecule has 2 rings (SSSR count). The molecular weight excluding hydrogens is 288 g/mol. The van der Waals surface area contributed by atoms with Crippen LogP contribution in [-0.4, -0.2) is 27.4 Å². The fraction of sp³-hybridized carbons (Fsp3) is 0.400. The Morgan fingerprint density at radius 2 is 2.29 bits per heavy atom. The van der Waals surface area contributed by atoms with Gasteiger partial charge in [-0.15, -0.1) is 11.6 Å². The smallest absolute Gasteiger partial charge is 0.240 e. The molecule has 2 aromatic rings. The maximum absolute atomic E-state index is 12.0. The fourth-order valence-corrected chi connectivity index (χ4v) is 2.37. The van der Waals surface area contributed by atoms with Gasteiger partial charge in [-0.2, -0.15) is 5.26 Å². The van der Waals surface area contributed by atoms with Crippen molar-refractivity contribution in [3.8, 4) is 6.07 Å². The SMILES string of the molecule is CC(C)NC(=O)Cn1c(CCCl)nc2ccc(C#N)cc21. The molecule has 21 heavy (non-hydrogen) atoms. The number of carbonyl (C=O) groups excluding carboxylic acids is 1. The Hall–Kier alpha value is -2.06. The minimum absolute atomic E-state index is 0.0810. The third kappa shape index (κ3) is 3.53. The highest BCUT2D eigenvalue weighted by molar-refractivity contribution is 6.17. The number of fused-ring (bicyclic) bond motifs is 1. The van der Waals surface area contributed by atoms with Crippen molar-refractivity contribution in [1.29, 1.82) is 5.26 Å². The van der Waals surface area contributed by atoms with Gasteiger partial charge >= 0.3 is 0 Å². The maximum Gasteiger partial charge on any atom is 0.240 e. The van der Waals surface area contributed by atoms with E-state index in [0.29, 0.717) is 17.9 Å². The number of nitrogens with one attached hydrogen (secondary N) is 1.